The molecule has 7 nitrogen and oxygen atoms in total. The lowest BCUT2D eigenvalue weighted by Gasteiger charge is -2.31. The Morgan fingerprint density at radius 3 is 2.35 bits per heavy atom. The minimum atomic E-state index is -0.652. The third-order valence-electron chi connectivity index (χ3n) is 7.01. The number of urea groups is 1. The average molecular weight is 562 g/mol. The number of barbiturate groups is 1. The molecule has 3 aromatic rings. The second kappa shape index (κ2) is 10.4. The molecule has 0 bridgehead atoms. The van der Waals surface area contributed by atoms with Gasteiger partial charge >= 0.3 is 6.03 Å². The molecule has 1 saturated carbocycles. The van der Waals surface area contributed by atoms with Gasteiger partial charge in [-0.2, -0.15) is 0 Å². The number of ether oxygens (including phenoxy) is 1. The van der Waals surface area contributed by atoms with E-state index in [-0.39, 0.29) is 11.6 Å². The molecule has 0 unspecified atom stereocenters. The second-order valence-electron chi connectivity index (χ2n) is 9.50. The Labute approximate surface area is 224 Å². The van der Waals surface area contributed by atoms with Crippen molar-refractivity contribution < 1.29 is 19.1 Å². The minimum Gasteiger partial charge on any atom is -0.489 e. The summed E-state index contributed by atoms with van der Waals surface area (Å²) in [5, 5.41) is 2.35. The number of benzene rings is 2. The van der Waals surface area contributed by atoms with Gasteiger partial charge in [0.2, 0.25) is 0 Å². The van der Waals surface area contributed by atoms with Gasteiger partial charge in [-0.15, -0.1) is 0 Å². The number of carbonyl (C=O) groups is 3. The first kappa shape index (κ1) is 25.0. The summed E-state index contributed by atoms with van der Waals surface area (Å²) in [6, 6.07) is 17.0. The molecule has 2 aliphatic rings. The predicted octanol–water partition coefficient (Wildman–Crippen LogP) is 5.84. The van der Waals surface area contributed by atoms with Crippen LogP contribution in [0, 0.1) is 13.8 Å². The molecule has 8 heteroatoms. The van der Waals surface area contributed by atoms with Crippen LogP contribution in [0.4, 0.5) is 4.79 Å². The summed E-state index contributed by atoms with van der Waals surface area (Å²) >= 11 is 3.44. The van der Waals surface area contributed by atoms with Crippen molar-refractivity contribution in [1.29, 1.82) is 0 Å². The second-order valence-corrected chi connectivity index (χ2v) is 10.4. The maximum absolute atomic E-state index is 13.2. The highest BCUT2D eigenvalue weighted by Gasteiger charge is 2.40. The minimum absolute atomic E-state index is 0.0107. The molecule has 4 amide bonds. The molecule has 5 rings (SSSR count). The number of carbonyl (C=O) groups excluding carboxylic acids is 3. The lowest BCUT2D eigenvalue weighted by Crippen LogP contribution is -2.57. The summed E-state index contributed by atoms with van der Waals surface area (Å²) in [6.07, 6.45) is 5.10. The number of hydrogen-bond acceptors (Lipinski definition) is 4. The maximum atomic E-state index is 13.2. The molecule has 0 spiro atoms. The third kappa shape index (κ3) is 5.11. The van der Waals surface area contributed by atoms with Gasteiger partial charge in [-0.05, 0) is 86.4 Å². The first-order chi connectivity index (χ1) is 17.8. The van der Waals surface area contributed by atoms with Crippen molar-refractivity contribution in [3.05, 3.63) is 87.2 Å². The molecule has 0 atom stereocenters. The number of nitrogens with zero attached hydrogens (tertiary/aromatic N) is 2. The Kier molecular flexibility index (Phi) is 7.02. The van der Waals surface area contributed by atoms with E-state index in [2.05, 4.69) is 25.8 Å². The fraction of sp³-hybridized carbons (Fsp3) is 0.276. The van der Waals surface area contributed by atoms with Gasteiger partial charge in [-0.1, -0.05) is 40.9 Å². The molecular weight excluding hydrogens is 534 g/mol. The monoisotopic (exact) mass is 561 g/mol. The number of imide groups is 2. The fourth-order valence-electron chi connectivity index (χ4n) is 5.09. The van der Waals surface area contributed by atoms with E-state index in [1.807, 2.05) is 68.4 Å². The van der Waals surface area contributed by atoms with Crippen LogP contribution in [0.1, 0.15) is 48.2 Å². The van der Waals surface area contributed by atoms with Crippen molar-refractivity contribution in [2.75, 3.05) is 0 Å². The van der Waals surface area contributed by atoms with E-state index in [4.69, 9.17) is 4.74 Å². The number of halogens is 1. The molecule has 2 aromatic carbocycles. The molecular formula is C29H28BrN3O4. The highest BCUT2D eigenvalue weighted by molar-refractivity contribution is 9.10. The van der Waals surface area contributed by atoms with Crippen molar-refractivity contribution in [2.45, 2.75) is 52.2 Å². The van der Waals surface area contributed by atoms with Crippen molar-refractivity contribution in [2.24, 2.45) is 0 Å². The van der Waals surface area contributed by atoms with E-state index in [1.54, 1.807) is 6.08 Å². The standard InChI is InChI=1S/C29H28BrN3O4/c1-18-15-21(16-26-27(34)31-29(36)33(28(26)35)23-5-3-4-6-23)19(2)32(18)24-11-13-25(14-12-24)37-17-20-7-9-22(30)10-8-20/h7-16,23H,3-6,17H2,1-2H3,(H,31,34,36)/b26-16+. The van der Waals surface area contributed by atoms with Gasteiger partial charge in [0.15, 0.2) is 0 Å². The lowest BCUT2D eigenvalue weighted by atomic mass is 10.1. The molecule has 37 heavy (non-hydrogen) atoms. The summed E-state index contributed by atoms with van der Waals surface area (Å²) in [5.41, 5.74) is 4.61. The summed E-state index contributed by atoms with van der Waals surface area (Å²) < 4.78 is 9.02. The van der Waals surface area contributed by atoms with Crippen LogP contribution in [0.3, 0.4) is 0 Å². The Bertz CT molecular complexity index is 1380. The van der Waals surface area contributed by atoms with Gasteiger partial charge in [0.1, 0.15) is 17.9 Å². The Morgan fingerprint density at radius 2 is 1.68 bits per heavy atom. The molecule has 2 heterocycles. The maximum Gasteiger partial charge on any atom is 0.331 e. The highest BCUT2D eigenvalue weighted by Crippen LogP contribution is 2.29. The Hall–Kier alpha value is -3.65. The smallest absolute Gasteiger partial charge is 0.331 e. The van der Waals surface area contributed by atoms with Crippen LogP contribution in [0.5, 0.6) is 5.75 Å². The topological polar surface area (TPSA) is 80.6 Å². The van der Waals surface area contributed by atoms with Gasteiger partial charge in [0.25, 0.3) is 11.8 Å². The van der Waals surface area contributed by atoms with Crippen LogP contribution >= 0.6 is 15.9 Å². The zero-order valence-electron chi connectivity index (χ0n) is 20.8. The predicted molar refractivity (Wildman–Crippen MR) is 144 cm³/mol. The highest BCUT2D eigenvalue weighted by atomic mass is 79.9. The number of aromatic nitrogens is 1. The van der Waals surface area contributed by atoms with E-state index >= 15 is 0 Å². The average Bonchev–Trinajstić information content (AvgIpc) is 3.49. The zero-order valence-corrected chi connectivity index (χ0v) is 22.4. The summed E-state index contributed by atoms with van der Waals surface area (Å²) in [6.45, 7) is 4.40. The zero-order chi connectivity index (χ0) is 26.1. The quantitative estimate of drug-likeness (QED) is 0.303. The van der Waals surface area contributed by atoms with E-state index in [9.17, 15) is 14.4 Å². The van der Waals surface area contributed by atoms with Crippen LogP contribution < -0.4 is 10.1 Å². The van der Waals surface area contributed by atoms with Gasteiger partial charge in [0.05, 0.1) is 0 Å². The largest absolute Gasteiger partial charge is 0.489 e. The first-order valence-corrected chi connectivity index (χ1v) is 13.2. The number of amides is 4. The van der Waals surface area contributed by atoms with E-state index in [0.717, 1.165) is 64.1 Å². The summed E-state index contributed by atoms with van der Waals surface area (Å²) in [5.74, 6) is -0.406. The van der Waals surface area contributed by atoms with Crippen molar-refractivity contribution in [3.8, 4) is 11.4 Å². The normalized spacial score (nSPS) is 17.5. The van der Waals surface area contributed by atoms with Crippen LogP contribution in [-0.2, 0) is 16.2 Å². The number of rotatable bonds is 6. The lowest BCUT2D eigenvalue weighted by molar-refractivity contribution is -0.131. The van der Waals surface area contributed by atoms with Crippen LogP contribution in [0.25, 0.3) is 11.8 Å². The SMILES string of the molecule is Cc1cc(/C=C2\C(=O)NC(=O)N(C3CCCC3)C2=O)c(C)n1-c1ccc(OCc2ccc(Br)cc2)cc1. The number of aryl methyl sites for hydroxylation is 1. The summed E-state index contributed by atoms with van der Waals surface area (Å²) in [7, 11) is 0. The number of hydrogen-bond donors (Lipinski definition) is 1. The van der Waals surface area contributed by atoms with Gasteiger partial charge < -0.3 is 9.30 Å². The van der Waals surface area contributed by atoms with Crippen LogP contribution in [0.2, 0.25) is 0 Å². The van der Waals surface area contributed by atoms with Crippen LogP contribution in [0.15, 0.2) is 64.6 Å². The molecule has 1 saturated heterocycles. The Morgan fingerprint density at radius 1 is 1.00 bits per heavy atom. The van der Waals surface area contributed by atoms with E-state index in [1.165, 1.54) is 4.90 Å². The molecule has 1 aromatic heterocycles. The first-order valence-electron chi connectivity index (χ1n) is 12.4. The van der Waals surface area contributed by atoms with Gasteiger partial charge in [-0.3, -0.25) is 19.8 Å². The third-order valence-corrected chi connectivity index (χ3v) is 7.54. The van der Waals surface area contributed by atoms with Crippen LogP contribution in [-0.4, -0.2) is 33.4 Å². The summed E-state index contributed by atoms with van der Waals surface area (Å²) in [4.78, 5) is 39.4. The molecule has 190 valence electrons. The number of nitrogens with one attached hydrogen (secondary N) is 1. The van der Waals surface area contributed by atoms with Gasteiger partial charge in [-0.25, -0.2) is 4.79 Å². The fourth-order valence-corrected chi connectivity index (χ4v) is 5.35. The van der Waals surface area contributed by atoms with Gasteiger partial charge in [0, 0.05) is 27.6 Å². The van der Waals surface area contributed by atoms with E-state index < -0.39 is 17.8 Å². The molecule has 0 radical (unpaired) electrons. The molecule has 1 N–H and O–H groups in total. The van der Waals surface area contributed by atoms with Crippen molar-refractivity contribution in [3.63, 3.8) is 0 Å². The van der Waals surface area contributed by atoms with Crippen molar-refractivity contribution >= 4 is 39.9 Å². The van der Waals surface area contributed by atoms with Crippen molar-refractivity contribution in [1.82, 2.24) is 14.8 Å². The molecule has 1 aliphatic heterocycles. The molecule has 2 fully saturated rings. The Balaban J connectivity index is 1.36. The molecule has 1 aliphatic carbocycles. The van der Waals surface area contributed by atoms with E-state index in [0.29, 0.717) is 6.61 Å².